The summed E-state index contributed by atoms with van der Waals surface area (Å²) in [6.45, 7) is 6.15. The van der Waals surface area contributed by atoms with Gasteiger partial charge in [0.2, 0.25) is 0 Å². The van der Waals surface area contributed by atoms with Gasteiger partial charge in [-0.25, -0.2) is 4.98 Å². The first kappa shape index (κ1) is 12.6. The van der Waals surface area contributed by atoms with Gasteiger partial charge in [0.1, 0.15) is 12.7 Å². The fourth-order valence-corrected chi connectivity index (χ4v) is 1.82. The van der Waals surface area contributed by atoms with Crippen molar-refractivity contribution >= 4 is 5.69 Å². The van der Waals surface area contributed by atoms with E-state index in [-0.39, 0.29) is 0 Å². The maximum absolute atomic E-state index is 4.30. The van der Waals surface area contributed by atoms with Crippen molar-refractivity contribution in [2.45, 2.75) is 45.8 Å². The molecule has 6 nitrogen and oxygen atoms in total. The number of nitrogens with zero attached hydrogens (tertiary/aromatic N) is 5. The molecule has 1 unspecified atom stereocenters. The molecule has 0 aliphatic heterocycles. The molecule has 0 aliphatic rings. The summed E-state index contributed by atoms with van der Waals surface area (Å²) >= 11 is 0. The SMILES string of the molecule is CCCn1cc(NC(C)CCn2cncn2)cn1. The predicted molar refractivity (Wildman–Crippen MR) is 70.2 cm³/mol. The van der Waals surface area contributed by atoms with Crippen molar-refractivity contribution in [2.24, 2.45) is 0 Å². The number of aromatic nitrogens is 5. The second-order valence-corrected chi connectivity index (χ2v) is 4.48. The summed E-state index contributed by atoms with van der Waals surface area (Å²) in [4.78, 5) is 3.93. The Balaban J connectivity index is 1.77. The smallest absolute Gasteiger partial charge is 0.137 e. The molecule has 0 aromatic carbocycles. The molecule has 0 fully saturated rings. The van der Waals surface area contributed by atoms with E-state index in [0.717, 1.165) is 31.6 Å². The third-order valence-electron chi connectivity index (χ3n) is 2.76. The van der Waals surface area contributed by atoms with Gasteiger partial charge in [-0.3, -0.25) is 9.36 Å². The quantitative estimate of drug-likeness (QED) is 0.811. The van der Waals surface area contributed by atoms with Crippen LogP contribution in [-0.4, -0.2) is 30.6 Å². The molecule has 0 aliphatic carbocycles. The summed E-state index contributed by atoms with van der Waals surface area (Å²) in [6, 6.07) is 0.383. The second kappa shape index (κ2) is 6.18. The summed E-state index contributed by atoms with van der Waals surface area (Å²) in [6.07, 6.45) is 9.33. The molecule has 2 aromatic rings. The first-order valence-electron chi connectivity index (χ1n) is 6.39. The standard InChI is InChI=1S/C12H20N6/c1-3-5-17-8-12(7-14-17)16-11(2)4-6-18-10-13-9-15-18/h7-11,16H,3-6H2,1-2H3. The molecular formula is C12H20N6. The van der Waals surface area contributed by atoms with E-state index in [2.05, 4.69) is 40.5 Å². The summed E-state index contributed by atoms with van der Waals surface area (Å²) in [5.41, 5.74) is 1.08. The Kier molecular flexibility index (Phi) is 4.33. The highest BCUT2D eigenvalue weighted by atomic mass is 15.3. The molecule has 98 valence electrons. The van der Waals surface area contributed by atoms with Crippen molar-refractivity contribution in [3.8, 4) is 0 Å². The lowest BCUT2D eigenvalue weighted by atomic mass is 10.2. The zero-order valence-electron chi connectivity index (χ0n) is 11.0. The minimum Gasteiger partial charge on any atom is -0.380 e. The molecule has 0 saturated carbocycles. The van der Waals surface area contributed by atoms with E-state index in [0.29, 0.717) is 6.04 Å². The van der Waals surface area contributed by atoms with Gasteiger partial charge in [-0.05, 0) is 19.8 Å². The third kappa shape index (κ3) is 3.58. The summed E-state index contributed by atoms with van der Waals surface area (Å²) in [5.74, 6) is 0. The van der Waals surface area contributed by atoms with Gasteiger partial charge in [0.25, 0.3) is 0 Å². The number of rotatable bonds is 7. The molecule has 2 rings (SSSR count). The number of aryl methyl sites for hydroxylation is 2. The van der Waals surface area contributed by atoms with Crippen LogP contribution in [0, 0.1) is 0 Å². The zero-order valence-corrected chi connectivity index (χ0v) is 11.0. The predicted octanol–water partition coefficient (Wildman–Crippen LogP) is 1.78. The Labute approximate surface area is 107 Å². The topological polar surface area (TPSA) is 60.6 Å². The zero-order chi connectivity index (χ0) is 12.8. The van der Waals surface area contributed by atoms with Crippen LogP contribution < -0.4 is 5.32 Å². The molecule has 2 heterocycles. The van der Waals surface area contributed by atoms with Crippen LogP contribution in [0.3, 0.4) is 0 Å². The van der Waals surface area contributed by atoms with Crippen LogP contribution in [-0.2, 0) is 13.1 Å². The van der Waals surface area contributed by atoms with Gasteiger partial charge in [-0.2, -0.15) is 10.2 Å². The first-order valence-corrected chi connectivity index (χ1v) is 6.39. The first-order chi connectivity index (χ1) is 8.78. The molecule has 0 radical (unpaired) electrons. The Hall–Kier alpha value is -1.85. The van der Waals surface area contributed by atoms with Crippen LogP contribution in [0.1, 0.15) is 26.7 Å². The summed E-state index contributed by atoms with van der Waals surface area (Å²) in [7, 11) is 0. The normalized spacial score (nSPS) is 12.6. The fraction of sp³-hybridized carbons (Fsp3) is 0.583. The van der Waals surface area contributed by atoms with E-state index in [4.69, 9.17) is 0 Å². The van der Waals surface area contributed by atoms with Gasteiger partial charge in [-0.15, -0.1) is 0 Å². The van der Waals surface area contributed by atoms with Crippen LogP contribution in [0.5, 0.6) is 0 Å². The lowest BCUT2D eigenvalue weighted by Crippen LogP contribution is -2.17. The molecular weight excluding hydrogens is 228 g/mol. The van der Waals surface area contributed by atoms with Crippen molar-refractivity contribution in [2.75, 3.05) is 5.32 Å². The average molecular weight is 248 g/mol. The van der Waals surface area contributed by atoms with Crippen molar-refractivity contribution in [1.82, 2.24) is 24.5 Å². The average Bonchev–Trinajstić information content (AvgIpc) is 2.99. The lowest BCUT2D eigenvalue weighted by Gasteiger charge is -2.13. The highest BCUT2D eigenvalue weighted by molar-refractivity contribution is 5.38. The molecule has 0 bridgehead atoms. The molecule has 0 amide bonds. The number of nitrogens with one attached hydrogen (secondary N) is 1. The second-order valence-electron chi connectivity index (χ2n) is 4.48. The van der Waals surface area contributed by atoms with Crippen LogP contribution in [0.25, 0.3) is 0 Å². The highest BCUT2D eigenvalue weighted by Gasteiger charge is 2.04. The Bertz CT molecular complexity index is 447. The van der Waals surface area contributed by atoms with Gasteiger partial charge in [0.05, 0.1) is 11.9 Å². The minimum atomic E-state index is 0.383. The fourth-order valence-electron chi connectivity index (χ4n) is 1.82. The van der Waals surface area contributed by atoms with Crippen molar-refractivity contribution in [3.05, 3.63) is 25.0 Å². The van der Waals surface area contributed by atoms with E-state index in [1.165, 1.54) is 0 Å². The largest absolute Gasteiger partial charge is 0.380 e. The molecule has 0 spiro atoms. The monoisotopic (exact) mass is 248 g/mol. The van der Waals surface area contributed by atoms with Crippen molar-refractivity contribution in [1.29, 1.82) is 0 Å². The van der Waals surface area contributed by atoms with Crippen LogP contribution >= 0.6 is 0 Å². The number of hydrogen-bond donors (Lipinski definition) is 1. The molecule has 6 heteroatoms. The molecule has 18 heavy (non-hydrogen) atoms. The van der Waals surface area contributed by atoms with Gasteiger partial charge < -0.3 is 5.32 Å². The Morgan fingerprint density at radius 1 is 1.28 bits per heavy atom. The van der Waals surface area contributed by atoms with Gasteiger partial charge in [-0.1, -0.05) is 6.92 Å². The van der Waals surface area contributed by atoms with Crippen LogP contribution in [0.4, 0.5) is 5.69 Å². The van der Waals surface area contributed by atoms with Gasteiger partial charge >= 0.3 is 0 Å². The van der Waals surface area contributed by atoms with E-state index < -0.39 is 0 Å². The molecule has 1 N–H and O–H groups in total. The minimum absolute atomic E-state index is 0.383. The van der Waals surface area contributed by atoms with Crippen LogP contribution in [0.15, 0.2) is 25.0 Å². The maximum Gasteiger partial charge on any atom is 0.137 e. The number of anilines is 1. The highest BCUT2D eigenvalue weighted by Crippen LogP contribution is 2.09. The third-order valence-corrected chi connectivity index (χ3v) is 2.76. The van der Waals surface area contributed by atoms with E-state index >= 15 is 0 Å². The van der Waals surface area contributed by atoms with Gasteiger partial charge in [0.15, 0.2) is 0 Å². The van der Waals surface area contributed by atoms with E-state index in [9.17, 15) is 0 Å². The lowest BCUT2D eigenvalue weighted by molar-refractivity contribution is 0.544. The Morgan fingerprint density at radius 2 is 2.17 bits per heavy atom. The van der Waals surface area contributed by atoms with Gasteiger partial charge in [0, 0.05) is 25.3 Å². The summed E-state index contributed by atoms with van der Waals surface area (Å²) in [5, 5.41) is 11.8. The van der Waals surface area contributed by atoms with E-state index in [1.54, 1.807) is 12.7 Å². The molecule has 2 aromatic heterocycles. The maximum atomic E-state index is 4.30. The van der Waals surface area contributed by atoms with E-state index in [1.807, 2.05) is 15.6 Å². The van der Waals surface area contributed by atoms with Crippen molar-refractivity contribution < 1.29 is 0 Å². The molecule has 0 saturated heterocycles. The molecule has 1 atom stereocenters. The van der Waals surface area contributed by atoms with Crippen molar-refractivity contribution in [3.63, 3.8) is 0 Å². The number of hydrogen-bond acceptors (Lipinski definition) is 4. The Morgan fingerprint density at radius 3 is 2.89 bits per heavy atom. The van der Waals surface area contributed by atoms with Crippen LogP contribution in [0.2, 0.25) is 0 Å². The summed E-state index contributed by atoms with van der Waals surface area (Å²) < 4.78 is 3.81.